The van der Waals surface area contributed by atoms with Crippen molar-refractivity contribution in [3.05, 3.63) is 27.7 Å². The minimum absolute atomic E-state index is 0.147. The number of anilines is 1. The summed E-state index contributed by atoms with van der Waals surface area (Å²) in [5.74, 6) is 0.324. The van der Waals surface area contributed by atoms with Crippen molar-refractivity contribution in [1.82, 2.24) is 5.32 Å². The van der Waals surface area contributed by atoms with Gasteiger partial charge >= 0.3 is 0 Å². The number of piperidine rings is 1. The molecule has 0 aliphatic carbocycles. The van der Waals surface area contributed by atoms with Crippen molar-refractivity contribution in [3.8, 4) is 0 Å². The van der Waals surface area contributed by atoms with Gasteiger partial charge in [-0.05, 0) is 66.0 Å². The molecule has 1 fully saturated rings. The predicted octanol–water partition coefficient (Wildman–Crippen LogP) is 2.84. The van der Waals surface area contributed by atoms with Crippen LogP contribution in [0.1, 0.15) is 12.8 Å². The van der Waals surface area contributed by atoms with E-state index in [4.69, 9.17) is 11.6 Å². The summed E-state index contributed by atoms with van der Waals surface area (Å²) < 4.78 is 27.5. The number of hydrogen-bond donors (Lipinski definition) is 2. The van der Waals surface area contributed by atoms with Crippen LogP contribution in [0.15, 0.2) is 22.7 Å². The van der Waals surface area contributed by atoms with Gasteiger partial charge in [0.25, 0.3) is 0 Å². The van der Waals surface area contributed by atoms with E-state index in [9.17, 15) is 8.42 Å². The molecule has 1 aliphatic rings. The van der Waals surface area contributed by atoms with E-state index in [2.05, 4.69) is 26.0 Å². The van der Waals surface area contributed by atoms with Crippen LogP contribution in [0.3, 0.4) is 0 Å². The van der Waals surface area contributed by atoms with Crippen molar-refractivity contribution in [1.29, 1.82) is 0 Å². The minimum Gasteiger partial charge on any atom is -0.316 e. The van der Waals surface area contributed by atoms with Crippen molar-refractivity contribution in [3.63, 3.8) is 0 Å². The summed E-state index contributed by atoms with van der Waals surface area (Å²) in [6.07, 6.45) is 1.99. The number of nitrogens with one attached hydrogen (secondary N) is 2. The van der Waals surface area contributed by atoms with E-state index in [-0.39, 0.29) is 11.7 Å². The Morgan fingerprint density at radius 3 is 2.89 bits per heavy atom. The third-order valence-corrected chi connectivity index (χ3v) is 5.74. The summed E-state index contributed by atoms with van der Waals surface area (Å²) in [7, 11) is -3.33. The Balaban J connectivity index is 2.01. The van der Waals surface area contributed by atoms with Crippen LogP contribution in [0.25, 0.3) is 0 Å². The molecule has 0 amide bonds. The van der Waals surface area contributed by atoms with Gasteiger partial charge in [0.15, 0.2) is 0 Å². The summed E-state index contributed by atoms with van der Waals surface area (Å²) >= 11 is 9.21. The average Bonchev–Trinajstić information content (AvgIpc) is 2.34. The Morgan fingerprint density at radius 2 is 2.26 bits per heavy atom. The lowest BCUT2D eigenvalue weighted by molar-refractivity contribution is 0.404. The molecule has 1 aromatic carbocycles. The summed E-state index contributed by atoms with van der Waals surface area (Å²) in [5.41, 5.74) is 0.497. The van der Waals surface area contributed by atoms with Crippen LogP contribution < -0.4 is 10.0 Å². The van der Waals surface area contributed by atoms with E-state index in [1.54, 1.807) is 18.2 Å². The molecule has 2 rings (SSSR count). The Hall–Kier alpha value is -0.300. The highest BCUT2D eigenvalue weighted by Crippen LogP contribution is 2.26. The maximum Gasteiger partial charge on any atom is 0.233 e. The molecule has 1 saturated heterocycles. The molecule has 2 N–H and O–H groups in total. The standard InChI is InChI=1S/C12H16BrClN2O2S/c13-11-4-3-10(6-12(11)14)16-19(17,18)8-9-2-1-5-15-7-9/h3-4,6,9,15-16H,1-2,5,7-8H2. The molecular formula is C12H16BrClN2O2S. The first kappa shape index (κ1) is 15.1. The molecule has 0 bridgehead atoms. The largest absolute Gasteiger partial charge is 0.316 e. The zero-order valence-electron chi connectivity index (χ0n) is 10.3. The highest BCUT2D eigenvalue weighted by Gasteiger charge is 2.21. The van der Waals surface area contributed by atoms with Gasteiger partial charge in [-0.3, -0.25) is 4.72 Å². The normalized spacial score (nSPS) is 20.2. The van der Waals surface area contributed by atoms with E-state index in [1.807, 2.05) is 0 Å². The number of benzene rings is 1. The Labute approximate surface area is 127 Å². The van der Waals surface area contributed by atoms with Crippen LogP contribution in [-0.4, -0.2) is 27.3 Å². The van der Waals surface area contributed by atoms with Gasteiger partial charge in [0.05, 0.1) is 16.5 Å². The average molecular weight is 368 g/mol. The fourth-order valence-electron chi connectivity index (χ4n) is 2.16. The second kappa shape index (κ2) is 6.43. The van der Waals surface area contributed by atoms with E-state index in [1.165, 1.54) is 0 Å². The van der Waals surface area contributed by atoms with Gasteiger partial charge in [0.1, 0.15) is 0 Å². The van der Waals surface area contributed by atoms with Crippen LogP contribution in [0, 0.1) is 5.92 Å². The van der Waals surface area contributed by atoms with Crippen LogP contribution in [-0.2, 0) is 10.0 Å². The van der Waals surface area contributed by atoms with Crippen LogP contribution in [0.5, 0.6) is 0 Å². The van der Waals surface area contributed by atoms with Gasteiger partial charge in [-0.2, -0.15) is 0 Å². The lowest BCUT2D eigenvalue weighted by atomic mass is 10.0. The summed E-state index contributed by atoms with van der Waals surface area (Å²) in [5, 5.41) is 3.70. The van der Waals surface area contributed by atoms with Crippen molar-refractivity contribution in [2.75, 3.05) is 23.6 Å². The molecule has 1 aromatic rings. The molecule has 4 nitrogen and oxygen atoms in total. The van der Waals surface area contributed by atoms with Gasteiger partial charge in [-0.15, -0.1) is 0 Å². The maximum atomic E-state index is 12.1. The number of rotatable bonds is 4. The second-order valence-electron chi connectivity index (χ2n) is 4.72. The van der Waals surface area contributed by atoms with Gasteiger partial charge in [-0.25, -0.2) is 8.42 Å². The highest BCUT2D eigenvalue weighted by atomic mass is 79.9. The zero-order chi connectivity index (χ0) is 13.9. The first-order valence-electron chi connectivity index (χ1n) is 6.12. The van der Waals surface area contributed by atoms with Crippen molar-refractivity contribution in [2.24, 2.45) is 5.92 Å². The molecule has 7 heteroatoms. The summed E-state index contributed by atoms with van der Waals surface area (Å²) in [6, 6.07) is 5.01. The minimum atomic E-state index is -3.33. The van der Waals surface area contributed by atoms with E-state index < -0.39 is 10.0 Å². The number of hydrogen-bond acceptors (Lipinski definition) is 3. The van der Waals surface area contributed by atoms with Crippen molar-refractivity contribution >= 4 is 43.2 Å². The first-order valence-corrected chi connectivity index (χ1v) is 8.95. The fraction of sp³-hybridized carbons (Fsp3) is 0.500. The molecule has 0 saturated carbocycles. The lowest BCUT2D eigenvalue weighted by Crippen LogP contribution is -2.35. The molecular weight excluding hydrogens is 352 g/mol. The lowest BCUT2D eigenvalue weighted by Gasteiger charge is -2.22. The van der Waals surface area contributed by atoms with Gasteiger partial charge in [-0.1, -0.05) is 11.6 Å². The van der Waals surface area contributed by atoms with Gasteiger partial charge in [0, 0.05) is 4.47 Å². The molecule has 106 valence electrons. The smallest absolute Gasteiger partial charge is 0.233 e. The Bertz CT molecular complexity index is 545. The van der Waals surface area contributed by atoms with E-state index in [0.29, 0.717) is 10.7 Å². The maximum absolute atomic E-state index is 12.1. The van der Waals surface area contributed by atoms with Crippen LogP contribution >= 0.6 is 27.5 Å². The van der Waals surface area contributed by atoms with Crippen molar-refractivity contribution in [2.45, 2.75) is 12.8 Å². The summed E-state index contributed by atoms with van der Waals surface area (Å²) in [4.78, 5) is 0. The fourth-order valence-corrected chi connectivity index (χ4v) is 4.06. The van der Waals surface area contributed by atoms with Crippen LogP contribution in [0.2, 0.25) is 5.02 Å². The monoisotopic (exact) mass is 366 g/mol. The molecule has 0 spiro atoms. The van der Waals surface area contributed by atoms with Gasteiger partial charge in [0.2, 0.25) is 10.0 Å². The topological polar surface area (TPSA) is 58.2 Å². The van der Waals surface area contributed by atoms with E-state index in [0.717, 1.165) is 30.4 Å². The number of halogens is 2. The molecule has 1 heterocycles. The molecule has 0 radical (unpaired) electrons. The zero-order valence-corrected chi connectivity index (χ0v) is 13.5. The third-order valence-electron chi connectivity index (χ3n) is 3.05. The third kappa shape index (κ3) is 4.63. The van der Waals surface area contributed by atoms with Gasteiger partial charge < -0.3 is 5.32 Å². The molecule has 1 aliphatic heterocycles. The van der Waals surface area contributed by atoms with E-state index >= 15 is 0 Å². The predicted molar refractivity (Wildman–Crippen MR) is 82.2 cm³/mol. The molecule has 0 aromatic heterocycles. The first-order chi connectivity index (χ1) is 8.96. The Morgan fingerprint density at radius 1 is 1.47 bits per heavy atom. The second-order valence-corrected chi connectivity index (χ2v) is 7.75. The SMILES string of the molecule is O=S(=O)(CC1CCCNC1)Nc1ccc(Br)c(Cl)c1. The molecule has 1 unspecified atom stereocenters. The quantitative estimate of drug-likeness (QED) is 0.860. The summed E-state index contributed by atoms with van der Waals surface area (Å²) in [6.45, 7) is 1.74. The van der Waals surface area contributed by atoms with Crippen LogP contribution in [0.4, 0.5) is 5.69 Å². The van der Waals surface area contributed by atoms with Crippen molar-refractivity contribution < 1.29 is 8.42 Å². The number of sulfonamides is 1. The Kier molecular flexibility index (Phi) is 5.11. The molecule has 1 atom stereocenters. The molecule has 19 heavy (non-hydrogen) atoms. The highest BCUT2D eigenvalue weighted by molar-refractivity contribution is 9.10.